The average molecular weight is 300 g/mol. The van der Waals surface area contributed by atoms with Crippen LogP contribution in [0.1, 0.15) is 24.5 Å². The second-order valence-electron chi connectivity index (χ2n) is 4.69. The molecule has 0 aromatic heterocycles. The fraction of sp³-hybridized carbons (Fsp3) is 0.188. The molecular weight excluding hydrogens is 284 g/mol. The summed E-state index contributed by atoms with van der Waals surface area (Å²) in [6, 6.07) is 15.1. The highest BCUT2D eigenvalue weighted by molar-refractivity contribution is 7.92. The van der Waals surface area contributed by atoms with Gasteiger partial charge in [-0.25, -0.2) is 8.42 Å². The van der Waals surface area contributed by atoms with Gasteiger partial charge in [0.15, 0.2) is 0 Å². The predicted molar refractivity (Wildman–Crippen MR) is 82.4 cm³/mol. The van der Waals surface area contributed by atoms with Crippen molar-refractivity contribution in [3.63, 3.8) is 0 Å². The van der Waals surface area contributed by atoms with E-state index >= 15 is 0 Å². The molecule has 4 nitrogen and oxygen atoms in total. The van der Waals surface area contributed by atoms with Gasteiger partial charge in [-0.05, 0) is 48.4 Å². The highest BCUT2D eigenvalue weighted by Crippen LogP contribution is 2.17. The highest BCUT2D eigenvalue weighted by Gasteiger charge is 2.13. The minimum Gasteiger partial charge on any atom is -0.280 e. The van der Waals surface area contributed by atoms with Crippen molar-refractivity contribution in [1.82, 2.24) is 0 Å². The fourth-order valence-electron chi connectivity index (χ4n) is 1.95. The highest BCUT2D eigenvalue weighted by atomic mass is 32.2. The molecule has 0 saturated heterocycles. The Labute approximate surface area is 125 Å². The Hall–Kier alpha value is -2.32. The lowest BCUT2D eigenvalue weighted by molar-refractivity contribution is 0.601. The monoisotopic (exact) mass is 300 g/mol. The van der Waals surface area contributed by atoms with Crippen molar-refractivity contribution >= 4 is 15.7 Å². The minimum atomic E-state index is -3.62. The standard InChI is InChI=1S/C16H16N2O2S/c1-2-3-13-4-8-15(9-5-13)18-21(19,20)16-10-6-14(12-17)7-11-16/h4-11,18H,2-3H2,1H3. The van der Waals surface area contributed by atoms with Gasteiger partial charge in [0.25, 0.3) is 10.0 Å². The van der Waals surface area contributed by atoms with Crippen molar-refractivity contribution in [3.8, 4) is 6.07 Å². The Morgan fingerprint density at radius 3 is 2.19 bits per heavy atom. The molecule has 2 rings (SSSR count). The summed E-state index contributed by atoms with van der Waals surface area (Å²) in [6.07, 6.45) is 2.03. The summed E-state index contributed by atoms with van der Waals surface area (Å²) in [5, 5.41) is 8.72. The van der Waals surface area contributed by atoms with Crippen LogP contribution in [-0.4, -0.2) is 8.42 Å². The van der Waals surface area contributed by atoms with Crippen LogP contribution in [0, 0.1) is 11.3 Å². The van der Waals surface area contributed by atoms with E-state index in [1.165, 1.54) is 29.8 Å². The summed E-state index contributed by atoms with van der Waals surface area (Å²) in [7, 11) is -3.62. The van der Waals surface area contributed by atoms with Crippen molar-refractivity contribution in [2.24, 2.45) is 0 Å². The van der Waals surface area contributed by atoms with Crippen LogP contribution in [0.25, 0.3) is 0 Å². The lowest BCUT2D eigenvalue weighted by atomic mass is 10.1. The first-order valence-corrected chi connectivity index (χ1v) is 8.15. The quantitative estimate of drug-likeness (QED) is 0.921. The molecule has 0 radical (unpaired) electrons. The molecule has 2 aromatic rings. The molecule has 2 aromatic carbocycles. The first kappa shape index (κ1) is 15.1. The first-order chi connectivity index (χ1) is 10.0. The molecule has 0 aliphatic carbocycles. The van der Waals surface area contributed by atoms with Gasteiger partial charge >= 0.3 is 0 Å². The van der Waals surface area contributed by atoms with Gasteiger partial charge in [0.05, 0.1) is 16.5 Å². The van der Waals surface area contributed by atoms with Gasteiger partial charge in [-0.2, -0.15) is 5.26 Å². The molecule has 0 bridgehead atoms. The van der Waals surface area contributed by atoms with Crippen LogP contribution >= 0.6 is 0 Å². The maximum atomic E-state index is 12.2. The van der Waals surface area contributed by atoms with E-state index in [1.807, 2.05) is 18.2 Å². The zero-order valence-corrected chi connectivity index (χ0v) is 12.5. The Bertz CT molecular complexity index is 742. The smallest absolute Gasteiger partial charge is 0.261 e. The number of hydrogen-bond acceptors (Lipinski definition) is 3. The van der Waals surface area contributed by atoms with E-state index in [0.717, 1.165) is 12.8 Å². The van der Waals surface area contributed by atoms with Gasteiger partial charge in [0.1, 0.15) is 0 Å². The van der Waals surface area contributed by atoms with Gasteiger partial charge < -0.3 is 0 Å². The number of nitriles is 1. The maximum absolute atomic E-state index is 12.2. The van der Waals surface area contributed by atoms with Crippen molar-refractivity contribution < 1.29 is 8.42 Å². The van der Waals surface area contributed by atoms with E-state index in [0.29, 0.717) is 11.3 Å². The third-order valence-electron chi connectivity index (χ3n) is 3.04. The van der Waals surface area contributed by atoms with Crippen molar-refractivity contribution in [2.75, 3.05) is 4.72 Å². The minimum absolute atomic E-state index is 0.138. The van der Waals surface area contributed by atoms with Gasteiger partial charge in [0, 0.05) is 5.69 Å². The van der Waals surface area contributed by atoms with Crippen molar-refractivity contribution in [1.29, 1.82) is 5.26 Å². The van der Waals surface area contributed by atoms with Gasteiger partial charge in [-0.3, -0.25) is 4.72 Å². The molecule has 0 aliphatic heterocycles. The number of hydrogen-bond donors (Lipinski definition) is 1. The Morgan fingerprint density at radius 2 is 1.67 bits per heavy atom. The second-order valence-corrected chi connectivity index (χ2v) is 6.37. The van der Waals surface area contributed by atoms with Gasteiger partial charge in [-0.15, -0.1) is 0 Å². The molecule has 0 heterocycles. The molecule has 0 spiro atoms. The maximum Gasteiger partial charge on any atom is 0.261 e. The molecular formula is C16H16N2O2S. The third-order valence-corrected chi connectivity index (χ3v) is 4.44. The van der Waals surface area contributed by atoms with E-state index in [-0.39, 0.29) is 4.90 Å². The van der Waals surface area contributed by atoms with Crippen molar-refractivity contribution in [2.45, 2.75) is 24.7 Å². The molecule has 0 saturated carbocycles. The number of rotatable bonds is 5. The molecule has 0 atom stereocenters. The van der Waals surface area contributed by atoms with Crippen LogP contribution in [0.15, 0.2) is 53.4 Å². The van der Waals surface area contributed by atoms with E-state index in [9.17, 15) is 8.42 Å². The summed E-state index contributed by atoms with van der Waals surface area (Å²) in [5.41, 5.74) is 2.14. The van der Waals surface area contributed by atoms with E-state index < -0.39 is 10.0 Å². The summed E-state index contributed by atoms with van der Waals surface area (Å²) in [6.45, 7) is 2.10. The van der Waals surface area contributed by atoms with E-state index in [2.05, 4.69) is 11.6 Å². The summed E-state index contributed by atoms with van der Waals surface area (Å²) in [4.78, 5) is 0.138. The Kier molecular flexibility index (Phi) is 4.61. The topological polar surface area (TPSA) is 70.0 Å². The van der Waals surface area contributed by atoms with Gasteiger partial charge in [-0.1, -0.05) is 25.5 Å². The first-order valence-electron chi connectivity index (χ1n) is 6.67. The molecule has 0 aliphatic rings. The van der Waals surface area contributed by atoms with Crippen molar-refractivity contribution in [3.05, 3.63) is 59.7 Å². The lowest BCUT2D eigenvalue weighted by Gasteiger charge is -2.09. The van der Waals surface area contributed by atoms with Crippen LogP contribution in [0.2, 0.25) is 0 Å². The molecule has 21 heavy (non-hydrogen) atoms. The van der Waals surface area contributed by atoms with E-state index in [4.69, 9.17) is 5.26 Å². The number of nitrogens with one attached hydrogen (secondary N) is 1. The SMILES string of the molecule is CCCc1ccc(NS(=O)(=O)c2ccc(C#N)cc2)cc1. The lowest BCUT2D eigenvalue weighted by Crippen LogP contribution is -2.12. The Morgan fingerprint density at radius 1 is 1.05 bits per heavy atom. The fourth-order valence-corrected chi connectivity index (χ4v) is 3.01. The largest absolute Gasteiger partial charge is 0.280 e. The van der Waals surface area contributed by atoms with E-state index in [1.54, 1.807) is 12.1 Å². The second kappa shape index (κ2) is 6.42. The molecule has 0 unspecified atom stereocenters. The third kappa shape index (κ3) is 3.83. The summed E-state index contributed by atoms with van der Waals surface area (Å²) < 4.78 is 27.0. The van der Waals surface area contributed by atoms with Crippen LogP contribution in [-0.2, 0) is 16.4 Å². The van der Waals surface area contributed by atoms with Crippen LogP contribution < -0.4 is 4.72 Å². The number of nitrogens with zero attached hydrogens (tertiary/aromatic N) is 1. The number of sulfonamides is 1. The summed E-state index contributed by atoms with van der Waals surface area (Å²) >= 11 is 0. The molecule has 5 heteroatoms. The number of anilines is 1. The molecule has 1 N–H and O–H groups in total. The Balaban J connectivity index is 2.18. The number of benzene rings is 2. The normalized spacial score (nSPS) is 10.9. The van der Waals surface area contributed by atoms with Crippen LogP contribution in [0.3, 0.4) is 0 Å². The number of aryl methyl sites for hydroxylation is 1. The van der Waals surface area contributed by atoms with Gasteiger partial charge in [0.2, 0.25) is 0 Å². The summed E-state index contributed by atoms with van der Waals surface area (Å²) in [5.74, 6) is 0. The zero-order chi connectivity index (χ0) is 15.3. The van der Waals surface area contributed by atoms with Crippen LogP contribution in [0.5, 0.6) is 0 Å². The molecule has 108 valence electrons. The zero-order valence-electron chi connectivity index (χ0n) is 11.7. The predicted octanol–water partition coefficient (Wildman–Crippen LogP) is 3.31. The average Bonchev–Trinajstić information content (AvgIpc) is 2.49. The molecule has 0 fully saturated rings. The molecule has 0 amide bonds. The van der Waals surface area contributed by atoms with Crippen LogP contribution in [0.4, 0.5) is 5.69 Å².